The second-order valence-electron chi connectivity index (χ2n) is 11.1. The predicted octanol–water partition coefficient (Wildman–Crippen LogP) is 7.71. The van der Waals surface area contributed by atoms with E-state index in [9.17, 15) is 18.0 Å². The van der Waals surface area contributed by atoms with Gasteiger partial charge in [-0.05, 0) is 85.5 Å². The Hall–Kier alpha value is -3.56. The van der Waals surface area contributed by atoms with Crippen molar-refractivity contribution in [3.63, 3.8) is 0 Å². The first kappa shape index (κ1) is 35.3. The number of aryl methyl sites for hydroxylation is 1. The zero-order valence-corrected chi connectivity index (χ0v) is 28.9. The molecular weight excluding hydrogens is 665 g/mol. The lowest BCUT2D eigenvalue weighted by Gasteiger charge is -2.34. The molecule has 4 rings (SSSR count). The lowest BCUT2D eigenvalue weighted by molar-refractivity contribution is -0.140. The molecule has 0 heterocycles. The van der Waals surface area contributed by atoms with Crippen LogP contribution in [0, 0.1) is 6.92 Å². The van der Waals surface area contributed by atoms with E-state index >= 15 is 0 Å². The van der Waals surface area contributed by atoms with Crippen LogP contribution in [0.4, 0.5) is 5.69 Å². The third-order valence-corrected chi connectivity index (χ3v) is 10.4. The Morgan fingerprint density at radius 3 is 2.15 bits per heavy atom. The van der Waals surface area contributed by atoms with Gasteiger partial charge in [-0.25, -0.2) is 8.42 Å². The summed E-state index contributed by atoms with van der Waals surface area (Å²) in [5.74, 6) is -0.931. The quantitative estimate of drug-likeness (QED) is 0.155. The van der Waals surface area contributed by atoms with Gasteiger partial charge in [0.2, 0.25) is 11.8 Å². The summed E-state index contributed by atoms with van der Waals surface area (Å²) >= 11 is 18.6. The molecule has 242 valence electrons. The second kappa shape index (κ2) is 15.8. The van der Waals surface area contributed by atoms with Crippen LogP contribution >= 0.6 is 34.8 Å². The molecular formula is C35H36Cl3N3O4S. The first-order valence-corrected chi connectivity index (χ1v) is 17.4. The van der Waals surface area contributed by atoms with E-state index in [0.717, 1.165) is 15.4 Å². The van der Waals surface area contributed by atoms with Crippen LogP contribution in [-0.4, -0.2) is 43.8 Å². The molecule has 2 unspecified atom stereocenters. The van der Waals surface area contributed by atoms with Crippen LogP contribution in [0.3, 0.4) is 0 Å². The van der Waals surface area contributed by atoms with Crippen molar-refractivity contribution >= 4 is 62.3 Å². The topological polar surface area (TPSA) is 86.8 Å². The minimum atomic E-state index is -4.24. The van der Waals surface area contributed by atoms with Crippen molar-refractivity contribution in [2.75, 3.05) is 10.8 Å². The van der Waals surface area contributed by atoms with E-state index in [4.69, 9.17) is 34.8 Å². The fourth-order valence-corrected chi connectivity index (χ4v) is 6.73. The molecule has 0 fully saturated rings. The first-order chi connectivity index (χ1) is 21.9. The van der Waals surface area contributed by atoms with Gasteiger partial charge in [0.15, 0.2) is 0 Å². The summed E-state index contributed by atoms with van der Waals surface area (Å²) in [6.07, 6.45) is 0.884. The molecule has 0 saturated heterocycles. The lowest BCUT2D eigenvalue weighted by Crippen LogP contribution is -2.54. The number of hydrogen-bond donors (Lipinski definition) is 1. The molecule has 0 bridgehead atoms. The predicted molar refractivity (Wildman–Crippen MR) is 186 cm³/mol. The van der Waals surface area contributed by atoms with E-state index in [0.29, 0.717) is 32.7 Å². The van der Waals surface area contributed by atoms with Gasteiger partial charge in [-0.15, -0.1) is 0 Å². The standard InChI is InChI=1S/C35H36Cl3N3O4S/c1-4-25(3)39-35(43)33(21-26-10-6-5-7-11-26)40(22-27-13-18-31(37)32(38)20-27)34(42)23-41(29-12-8-9-24(2)19-29)46(44,45)30-16-14-28(36)15-17-30/h5-20,25,33H,4,21-23H2,1-3H3,(H,39,43). The summed E-state index contributed by atoms with van der Waals surface area (Å²) in [6, 6.07) is 25.9. The van der Waals surface area contributed by atoms with Crippen molar-refractivity contribution in [3.8, 4) is 0 Å². The van der Waals surface area contributed by atoms with Gasteiger partial charge in [-0.2, -0.15) is 0 Å². The number of sulfonamides is 1. The molecule has 2 amide bonds. The Morgan fingerprint density at radius 1 is 0.826 bits per heavy atom. The van der Waals surface area contributed by atoms with Crippen molar-refractivity contribution in [3.05, 3.63) is 129 Å². The number of benzene rings is 4. The molecule has 46 heavy (non-hydrogen) atoms. The van der Waals surface area contributed by atoms with Gasteiger partial charge in [0.25, 0.3) is 10.0 Å². The first-order valence-electron chi connectivity index (χ1n) is 14.8. The maximum atomic E-state index is 14.6. The minimum absolute atomic E-state index is 0.0240. The van der Waals surface area contributed by atoms with Gasteiger partial charge in [-0.1, -0.05) is 90.3 Å². The van der Waals surface area contributed by atoms with Crippen LogP contribution < -0.4 is 9.62 Å². The molecule has 11 heteroatoms. The lowest BCUT2D eigenvalue weighted by atomic mass is 10.0. The third kappa shape index (κ3) is 9.04. The summed E-state index contributed by atoms with van der Waals surface area (Å²) in [7, 11) is -4.24. The molecule has 1 N–H and O–H groups in total. The molecule has 0 radical (unpaired) electrons. The van der Waals surface area contributed by atoms with Crippen molar-refractivity contribution < 1.29 is 18.0 Å². The zero-order valence-electron chi connectivity index (χ0n) is 25.8. The summed E-state index contributed by atoms with van der Waals surface area (Å²) in [6.45, 7) is 5.09. The highest BCUT2D eigenvalue weighted by Gasteiger charge is 2.35. The van der Waals surface area contributed by atoms with Crippen molar-refractivity contribution in [2.24, 2.45) is 0 Å². The number of amides is 2. The Bertz CT molecular complexity index is 1770. The molecule has 0 spiro atoms. The van der Waals surface area contributed by atoms with E-state index in [-0.39, 0.29) is 29.8 Å². The average Bonchev–Trinajstić information content (AvgIpc) is 3.03. The number of nitrogens with zero attached hydrogens (tertiary/aromatic N) is 2. The third-order valence-electron chi connectivity index (χ3n) is 7.58. The van der Waals surface area contributed by atoms with E-state index in [1.165, 1.54) is 29.2 Å². The Balaban J connectivity index is 1.82. The summed E-state index contributed by atoms with van der Waals surface area (Å²) in [5, 5.41) is 4.04. The van der Waals surface area contributed by atoms with Crippen LogP contribution in [0.2, 0.25) is 15.1 Å². The molecule has 0 aliphatic rings. The SMILES string of the molecule is CCC(C)NC(=O)C(Cc1ccccc1)N(Cc1ccc(Cl)c(Cl)c1)C(=O)CN(c1cccc(C)c1)S(=O)(=O)c1ccc(Cl)cc1. The number of rotatable bonds is 13. The molecule has 7 nitrogen and oxygen atoms in total. The number of carbonyl (C=O) groups is 2. The zero-order chi connectivity index (χ0) is 33.4. The monoisotopic (exact) mass is 699 g/mol. The molecule has 4 aromatic carbocycles. The van der Waals surface area contributed by atoms with Gasteiger partial charge in [-0.3, -0.25) is 13.9 Å². The normalized spacial score (nSPS) is 12.7. The van der Waals surface area contributed by atoms with Crippen LogP contribution in [0.5, 0.6) is 0 Å². The van der Waals surface area contributed by atoms with Crippen molar-refractivity contribution in [1.82, 2.24) is 10.2 Å². The van der Waals surface area contributed by atoms with Crippen molar-refractivity contribution in [1.29, 1.82) is 0 Å². The van der Waals surface area contributed by atoms with Crippen LogP contribution in [0.15, 0.2) is 102 Å². The molecule has 4 aromatic rings. The minimum Gasteiger partial charge on any atom is -0.352 e. The average molecular weight is 701 g/mol. The van der Waals surface area contributed by atoms with Crippen LogP contribution in [0.25, 0.3) is 0 Å². The summed E-state index contributed by atoms with van der Waals surface area (Å²) in [5.41, 5.74) is 2.58. The molecule has 0 aliphatic heterocycles. The molecule has 0 saturated carbocycles. The Labute approximate surface area is 286 Å². The smallest absolute Gasteiger partial charge is 0.264 e. The second-order valence-corrected chi connectivity index (χ2v) is 14.2. The highest BCUT2D eigenvalue weighted by molar-refractivity contribution is 7.92. The largest absolute Gasteiger partial charge is 0.352 e. The van der Waals surface area contributed by atoms with E-state index < -0.39 is 28.5 Å². The van der Waals surface area contributed by atoms with E-state index in [1.54, 1.807) is 36.4 Å². The number of anilines is 1. The van der Waals surface area contributed by atoms with E-state index in [2.05, 4.69) is 5.32 Å². The van der Waals surface area contributed by atoms with Crippen molar-refractivity contribution in [2.45, 2.75) is 57.1 Å². The fourth-order valence-electron chi connectivity index (χ4n) is 4.88. The van der Waals surface area contributed by atoms with Gasteiger partial charge in [0, 0.05) is 24.0 Å². The maximum absolute atomic E-state index is 14.6. The Morgan fingerprint density at radius 2 is 1.52 bits per heavy atom. The van der Waals surface area contributed by atoms with Gasteiger partial charge >= 0.3 is 0 Å². The summed E-state index contributed by atoms with van der Waals surface area (Å²) in [4.78, 5) is 29.9. The van der Waals surface area contributed by atoms with Gasteiger partial charge in [0.1, 0.15) is 12.6 Å². The summed E-state index contributed by atoms with van der Waals surface area (Å²) < 4.78 is 29.3. The number of halogens is 3. The van der Waals surface area contributed by atoms with Gasteiger partial charge in [0.05, 0.1) is 20.6 Å². The molecule has 0 aromatic heterocycles. The highest BCUT2D eigenvalue weighted by atomic mass is 35.5. The van der Waals surface area contributed by atoms with Crippen LogP contribution in [0.1, 0.15) is 37.0 Å². The molecule has 0 aliphatic carbocycles. The number of nitrogens with one attached hydrogen (secondary N) is 1. The van der Waals surface area contributed by atoms with Gasteiger partial charge < -0.3 is 10.2 Å². The number of carbonyl (C=O) groups excluding carboxylic acids is 2. The maximum Gasteiger partial charge on any atom is 0.264 e. The highest BCUT2D eigenvalue weighted by Crippen LogP contribution is 2.28. The van der Waals surface area contributed by atoms with E-state index in [1.807, 2.05) is 57.2 Å². The molecule has 2 atom stereocenters. The van der Waals surface area contributed by atoms with Crippen LogP contribution in [-0.2, 0) is 32.6 Å². The fraction of sp³-hybridized carbons (Fsp3) is 0.257. The Kier molecular flexibility index (Phi) is 12.1. The number of hydrogen-bond acceptors (Lipinski definition) is 4.